The van der Waals surface area contributed by atoms with E-state index in [0.717, 1.165) is 150 Å². The number of rotatable bonds is 49. The lowest BCUT2D eigenvalue weighted by Crippen LogP contribution is -2.70. The highest BCUT2D eigenvalue weighted by atomic mass is 28.5. The highest BCUT2D eigenvalue weighted by Gasteiger charge is 2.66. The summed E-state index contributed by atoms with van der Waals surface area (Å²) in [5.41, 5.74) is 0. The first-order chi connectivity index (χ1) is 45.8. The molecular formula is C58H125N7O22Si7. The summed E-state index contributed by atoms with van der Waals surface area (Å²) >= 11 is 0. The minimum atomic E-state index is -4.28. The lowest BCUT2D eigenvalue weighted by Gasteiger charge is -2.47. The molecule has 7 saturated heterocycles. The monoisotopic (exact) mass is 1470 g/mol. The van der Waals surface area contributed by atoms with E-state index in [9.17, 15) is 0 Å². The van der Waals surface area contributed by atoms with Crippen LogP contribution in [0.4, 0.5) is 0 Å². The van der Waals surface area contributed by atoms with Crippen LogP contribution in [0, 0.1) is 0 Å². The van der Waals surface area contributed by atoms with Gasteiger partial charge in [0.25, 0.3) is 0 Å². The Kier molecular flexibility index (Phi) is 38.3. The van der Waals surface area contributed by atoms with Gasteiger partial charge >= 0.3 is 61.6 Å². The van der Waals surface area contributed by atoms with Crippen molar-refractivity contribution >= 4 is 61.6 Å². The summed E-state index contributed by atoms with van der Waals surface area (Å²) in [6.45, 7) is 26.4. The molecule has 0 amide bonds. The third-order valence-electron chi connectivity index (χ3n) is 19.1. The normalized spacial score (nSPS) is 24.0. The second-order valence-electron chi connectivity index (χ2n) is 25.1. The average molecular weight is 1470 g/mol. The van der Waals surface area contributed by atoms with Gasteiger partial charge in [0.2, 0.25) is 0 Å². The molecule has 7 fully saturated rings. The molecule has 0 aromatic heterocycles. The van der Waals surface area contributed by atoms with Crippen molar-refractivity contribution in [2.24, 2.45) is 0 Å². The van der Waals surface area contributed by atoms with Crippen LogP contribution in [0.25, 0.3) is 0 Å². The van der Waals surface area contributed by atoms with Crippen LogP contribution in [0.15, 0.2) is 0 Å². The molecule has 0 N–H and O–H groups in total. The zero-order chi connectivity index (χ0) is 66.7. The third-order valence-corrected chi connectivity index (χ3v) is 46.4. The maximum absolute atomic E-state index is 8.09. The highest BCUT2D eigenvalue weighted by molar-refractivity contribution is 6.87. The highest BCUT2D eigenvalue weighted by Crippen LogP contribution is 2.40. The number of morpholine rings is 7. The van der Waals surface area contributed by atoms with Gasteiger partial charge in [0.05, 0.1) is 92.5 Å². The molecule has 4 unspecified atom stereocenters. The minimum Gasteiger partial charge on any atom is -0.379 e. The van der Waals surface area contributed by atoms with Crippen molar-refractivity contribution in [3.63, 3.8) is 0 Å². The van der Waals surface area contributed by atoms with Gasteiger partial charge < -0.3 is 97.7 Å². The van der Waals surface area contributed by atoms with E-state index in [0.29, 0.717) is 167 Å². The van der Waals surface area contributed by atoms with Crippen molar-refractivity contribution < 1.29 is 97.7 Å². The van der Waals surface area contributed by atoms with Crippen LogP contribution in [0.1, 0.15) is 44.9 Å². The maximum Gasteiger partial charge on any atom is 0.493 e. The zero-order valence-electron chi connectivity index (χ0n) is 59.3. The first-order valence-corrected chi connectivity index (χ1v) is 48.6. The molecule has 7 aliphatic rings. The van der Waals surface area contributed by atoms with Crippen LogP contribution in [-0.2, 0) is 97.7 Å². The molecule has 7 heterocycles. The van der Waals surface area contributed by atoms with E-state index < -0.39 is 61.6 Å². The third kappa shape index (κ3) is 27.2. The van der Waals surface area contributed by atoms with E-state index >= 15 is 0 Å². The van der Waals surface area contributed by atoms with Crippen molar-refractivity contribution in [1.82, 2.24) is 34.3 Å². The van der Waals surface area contributed by atoms with Crippen LogP contribution >= 0.6 is 0 Å². The van der Waals surface area contributed by atoms with Crippen molar-refractivity contribution in [1.29, 1.82) is 0 Å². The van der Waals surface area contributed by atoms with Crippen LogP contribution in [0.5, 0.6) is 0 Å². The van der Waals surface area contributed by atoms with E-state index in [-0.39, 0.29) is 0 Å². The smallest absolute Gasteiger partial charge is 0.379 e. The van der Waals surface area contributed by atoms with Gasteiger partial charge in [-0.25, -0.2) is 0 Å². The van der Waals surface area contributed by atoms with E-state index in [1.165, 1.54) is 0 Å². The Morgan fingerprint density at radius 2 is 0.309 bits per heavy atom. The Labute approximate surface area is 572 Å². The van der Waals surface area contributed by atoms with Crippen LogP contribution in [0.2, 0.25) is 42.3 Å². The molecule has 29 nitrogen and oxygen atoms in total. The molecule has 552 valence electrons. The predicted octanol–water partition coefficient (Wildman–Crippen LogP) is 2.53. The number of ether oxygens (including phenoxy) is 7. The van der Waals surface area contributed by atoms with Gasteiger partial charge in [-0.2, -0.15) is 0 Å². The van der Waals surface area contributed by atoms with Crippen molar-refractivity contribution in [2.45, 2.75) is 87.3 Å². The molecule has 7 aliphatic heterocycles. The van der Waals surface area contributed by atoms with Gasteiger partial charge in [0, 0.05) is 198 Å². The quantitative estimate of drug-likeness (QED) is 0.0798. The molecule has 94 heavy (non-hydrogen) atoms. The summed E-state index contributed by atoms with van der Waals surface area (Å²) < 4.78 is 149. The summed E-state index contributed by atoms with van der Waals surface area (Å²) in [5.74, 6) is 0. The Hall–Kier alpha value is 0.358. The Morgan fingerprint density at radius 3 is 0.436 bits per heavy atom. The molecule has 36 heteroatoms. The number of hydrogen-bond donors (Lipinski definition) is 0. The summed E-state index contributed by atoms with van der Waals surface area (Å²) in [6, 6.07) is 2.96. The van der Waals surface area contributed by atoms with Gasteiger partial charge in [-0.05, 0) is 90.8 Å². The van der Waals surface area contributed by atoms with Gasteiger partial charge in [-0.15, -0.1) is 0 Å². The topological polar surface area (TPSA) is 226 Å². The van der Waals surface area contributed by atoms with Gasteiger partial charge in [0.15, 0.2) is 0 Å². The van der Waals surface area contributed by atoms with Crippen molar-refractivity contribution in [3.8, 4) is 0 Å². The first kappa shape index (κ1) is 81.7. The lowest BCUT2D eigenvalue weighted by molar-refractivity contribution is 0.0320. The van der Waals surface area contributed by atoms with Crippen molar-refractivity contribution in [3.05, 3.63) is 0 Å². The Balaban J connectivity index is 1.33. The van der Waals surface area contributed by atoms with E-state index in [4.69, 9.17) is 97.7 Å². The standard InChI is InChI=1S/C58H125N7O22Si7/c1-66-88(67-2,52-10-17-59-24-38-75-39-25-59)82-90(70-5,54-12-19-61-28-42-77-43-29-61)84-92(72-7,56-14-21-63-32-46-79-47-33-63)86-94(74-9,58-16-23-65-36-50-81-51-37-65)87-93(73-8,57-15-22-64-34-48-80-49-35-64)85-91(71-6,55-13-20-62-30-44-78-45-31-62)83-89(68-3,69-4)53-11-18-60-26-40-76-41-27-60/h10-58H2,1-9H3. The molecule has 7 rings (SSSR count). The van der Waals surface area contributed by atoms with Crippen LogP contribution in [0.3, 0.4) is 0 Å². The van der Waals surface area contributed by atoms with Crippen molar-refractivity contribution in [2.75, 3.05) is 294 Å². The molecule has 0 bridgehead atoms. The zero-order valence-corrected chi connectivity index (χ0v) is 66.3. The summed E-state index contributed by atoms with van der Waals surface area (Å²) in [7, 11) is -12.8. The fourth-order valence-electron chi connectivity index (χ4n) is 13.2. The largest absolute Gasteiger partial charge is 0.493 e. The van der Waals surface area contributed by atoms with E-state index in [1.54, 1.807) is 64.0 Å². The molecule has 0 aromatic carbocycles. The van der Waals surface area contributed by atoms with Gasteiger partial charge in [-0.3, -0.25) is 34.3 Å². The average Bonchev–Trinajstić information content (AvgIpc) is 0.772. The molecule has 0 aliphatic carbocycles. The molecule has 0 saturated carbocycles. The summed E-state index contributed by atoms with van der Waals surface area (Å²) in [6.07, 6.45) is 4.82. The van der Waals surface area contributed by atoms with E-state index in [2.05, 4.69) is 34.3 Å². The second-order valence-corrected chi connectivity index (χ2v) is 46.8. The van der Waals surface area contributed by atoms with Crippen LogP contribution in [-0.4, -0.2) is 390 Å². The summed E-state index contributed by atoms with van der Waals surface area (Å²) in [5, 5.41) is 0. The molecule has 0 aromatic rings. The number of nitrogens with zero attached hydrogens (tertiary/aromatic N) is 7. The predicted molar refractivity (Wildman–Crippen MR) is 367 cm³/mol. The lowest BCUT2D eigenvalue weighted by atomic mass is 10.3. The second kappa shape index (κ2) is 44.1. The first-order valence-electron chi connectivity index (χ1n) is 35.1. The fourth-order valence-corrected chi connectivity index (χ4v) is 43.2. The molecule has 0 radical (unpaired) electrons. The molecule has 4 atom stereocenters. The molecule has 0 spiro atoms. The maximum atomic E-state index is 8.09. The van der Waals surface area contributed by atoms with Crippen LogP contribution < -0.4 is 0 Å². The molecular weight excluding hydrogens is 1340 g/mol. The summed E-state index contributed by atoms with van der Waals surface area (Å²) in [4.78, 5) is 16.9. The Morgan fingerprint density at radius 1 is 0.191 bits per heavy atom. The Bertz CT molecular complexity index is 1860. The minimum absolute atomic E-state index is 0.350. The van der Waals surface area contributed by atoms with E-state index in [1.807, 2.05) is 0 Å². The number of hydrogen-bond acceptors (Lipinski definition) is 29. The SMILES string of the molecule is CO[Si](CCCN1CCOCC1)(OC)O[Si](CCCN1CCOCC1)(OC)O[Si](CCCN1CCOCC1)(OC)O[Si](CCCN1CCOCC1)(OC)O[Si](CCCN1CCOCC1)(OC)O[Si](CCCN1CCOCC1)(OC)O[Si](CCCN1CCOCC1)(OC)OC. The fraction of sp³-hybridized carbons (Fsp3) is 1.00. The van der Waals surface area contributed by atoms with Gasteiger partial charge in [-0.1, -0.05) is 0 Å². The van der Waals surface area contributed by atoms with Gasteiger partial charge in [0.1, 0.15) is 0 Å².